The molecule has 0 spiro atoms. The van der Waals surface area contributed by atoms with Crippen LogP contribution in [0.3, 0.4) is 0 Å². The molecule has 0 aliphatic carbocycles. The summed E-state index contributed by atoms with van der Waals surface area (Å²) in [7, 11) is -3.49. The van der Waals surface area contributed by atoms with Crippen LogP contribution in [-0.4, -0.2) is 34.1 Å². The Morgan fingerprint density at radius 1 is 0.917 bits per heavy atom. The van der Waals surface area contributed by atoms with Gasteiger partial charge < -0.3 is 14.5 Å². The van der Waals surface area contributed by atoms with Crippen LogP contribution in [0.25, 0.3) is 22.6 Å². The molecule has 1 N–H and O–H groups in total. The molecule has 5 aromatic rings. The lowest BCUT2D eigenvalue weighted by molar-refractivity contribution is 0.381. The Morgan fingerprint density at radius 2 is 1.69 bits per heavy atom. The molecule has 2 aromatic carbocycles. The largest absolute Gasteiger partial charge is 0.452 e. The van der Waals surface area contributed by atoms with Gasteiger partial charge in [0.25, 0.3) is 0 Å². The lowest BCUT2D eigenvalue weighted by Gasteiger charge is -2.13. The van der Waals surface area contributed by atoms with Gasteiger partial charge in [-0.05, 0) is 36.4 Å². The van der Waals surface area contributed by atoms with Crippen molar-refractivity contribution in [2.45, 2.75) is 11.9 Å². The first-order valence-electron chi connectivity index (χ1n) is 10.8. The minimum absolute atomic E-state index is 0.0178. The fraction of sp³-hybridized carbons (Fsp3) is 0.0800. The molecule has 0 atom stereocenters. The van der Waals surface area contributed by atoms with E-state index in [1.165, 1.54) is 37.4 Å². The zero-order chi connectivity index (χ0) is 25.3. The summed E-state index contributed by atoms with van der Waals surface area (Å²) in [5.74, 6) is -1.76. The van der Waals surface area contributed by atoms with Gasteiger partial charge in [0.1, 0.15) is 11.4 Å². The van der Waals surface area contributed by atoms with Crippen molar-refractivity contribution in [3.8, 4) is 34.5 Å². The first-order valence-corrected chi connectivity index (χ1v) is 12.4. The Morgan fingerprint density at radius 3 is 2.36 bits per heavy atom. The maximum atomic E-state index is 14.3. The van der Waals surface area contributed by atoms with E-state index in [4.69, 9.17) is 9.47 Å². The molecular weight excluding hydrogens is 490 g/mol. The van der Waals surface area contributed by atoms with Crippen LogP contribution in [0, 0.1) is 11.6 Å². The normalized spacial score (nSPS) is 11.5. The molecule has 0 amide bonds. The average molecular weight is 509 g/mol. The number of hydrogen-bond donors (Lipinski definition) is 1. The number of rotatable bonds is 7. The number of halogens is 2. The van der Waals surface area contributed by atoms with E-state index in [2.05, 4.69) is 19.9 Å². The summed E-state index contributed by atoms with van der Waals surface area (Å²) in [6.45, 7) is 1.52. The van der Waals surface area contributed by atoms with Gasteiger partial charge in [-0.1, -0.05) is 19.1 Å². The van der Waals surface area contributed by atoms with Gasteiger partial charge in [0.15, 0.2) is 49.6 Å². The van der Waals surface area contributed by atoms with E-state index in [-0.39, 0.29) is 28.0 Å². The summed E-state index contributed by atoms with van der Waals surface area (Å²) >= 11 is 0. The maximum Gasteiger partial charge on any atom is 0.198 e. The molecule has 3 aromatic heterocycles. The van der Waals surface area contributed by atoms with Gasteiger partial charge in [-0.15, -0.1) is 0 Å². The van der Waals surface area contributed by atoms with Crippen molar-refractivity contribution in [3.63, 3.8) is 0 Å². The van der Waals surface area contributed by atoms with Crippen LogP contribution in [0.15, 0.2) is 78.1 Å². The Labute approximate surface area is 204 Å². The molecule has 0 radical (unpaired) electrons. The number of H-pyrrole nitrogens is 1. The number of nitrogens with one attached hydrogen (secondary N) is 1. The lowest BCUT2D eigenvalue weighted by atomic mass is 10.2. The molecule has 0 fully saturated rings. The first-order chi connectivity index (χ1) is 17.3. The predicted octanol–water partition coefficient (Wildman–Crippen LogP) is 5.68. The van der Waals surface area contributed by atoms with Crippen LogP contribution in [-0.2, 0) is 9.84 Å². The Bertz CT molecular complexity index is 1640. The highest BCUT2D eigenvalue weighted by Crippen LogP contribution is 2.39. The van der Waals surface area contributed by atoms with Crippen molar-refractivity contribution >= 4 is 20.9 Å². The summed E-state index contributed by atoms with van der Waals surface area (Å²) < 4.78 is 64.2. The summed E-state index contributed by atoms with van der Waals surface area (Å²) in [6.07, 6.45) is 2.87. The Hall–Kier alpha value is -4.38. The zero-order valence-electron chi connectivity index (χ0n) is 18.8. The lowest BCUT2D eigenvalue weighted by Crippen LogP contribution is -2.05. The molecule has 0 saturated heterocycles. The molecule has 8 nitrogen and oxygen atoms in total. The van der Waals surface area contributed by atoms with Crippen molar-refractivity contribution in [1.82, 2.24) is 19.9 Å². The number of aromatic nitrogens is 4. The molecule has 0 bridgehead atoms. The van der Waals surface area contributed by atoms with Crippen molar-refractivity contribution < 1.29 is 26.7 Å². The van der Waals surface area contributed by atoms with Crippen LogP contribution in [0.4, 0.5) is 8.78 Å². The SMILES string of the molecule is CCS(=O)(=O)c1ccc(Oc2cc3[nH]c(-c4ccccn4)nc3cc2Oc2c(F)cccc2F)cn1. The second-order valence-corrected chi connectivity index (χ2v) is 9.83. The van der Waals surface area contributed by atoms with E-state index < -0.39 is 27.2 Å². The molecule has 0 unspecified atom stereocenters. The van der Waals surface area contributed by atoms with Crippen molar-refractivity contribution in [1.29, 1.82) is 0 Å². The summed E-state index contributed by atoms with van der Waals surface area (Å²) in [6, 6.07) is 14.5. The number of imidazole rings is 1. The van der Waals surface area contributed by atoms with Crippen LogP contribution < -0.4 is 9.47 Å². The monoisotopic (exact) mass is 508 g/mol. The highest BCUT2D eigenvalue weighted by atomic mass is 32.2. The number of benzene rings is 2. The minimum Gasteiger partial charge on any atom is -0.452 e. The molecule has 3 heterocycles. The average Bonchev–Trinajstić information content (AvgIpc) is 3.30. The third kappa shape index (κ3) is 4.60. The van der Waals surface area contributed by atoms with E-state index >= 15 is 0 Å². The van der Waals surface area contributed by atoms with Gasteiger partial charge >= 0.3 is 0 Å². The molecule has 0 aliphatic rings. The standard InChI is InChI=1S/C25H18F2N4O4S/c1-2-36(32,33)23-10-9-15(14-29-23)34-21-12-19-20(31-25(30-19)18-8-3-4-11-28-18)13-22(21)35-24-16(26)6-5-7-17(24)27/h3-14H,2H2,1H3,(H,30,31). The third-order valence-electron chi connectivity index (χ3n) is 5.22. The quantitative estimate of drug-likeness (QED) is 0.302. The second-order valence-electron chi connectivity index (χ2n) is 7.61. The van der Waals surface area contributed by atoms with Crippen LogP contribution in [0.5, 0.6) is 23.0 Å². The highest BCUT2D eigenvalue weighted by Gasteiger charge is 2.19. The second kappa shape index (κ2) is 9.34. The van der Waals surface area contributed by atoms with E-state index in [1.807, 2.05) is 6.07 Å². The smallest absolute Gasteiger partial charge is 0.198 e. The number of fused-ring (bicyclic) bond motifs is 1. The van der Waals surface area contributed by atoms with E-state index in [9.17, 15) is 17.2 Å². The van der Waals surface area contributed by atoms with Crippen molar-refractivity contribution in [2.24, 2.45) is 0 Å². The number of nitrogens with zero attached hydrogens (tertiary/aromatic N) is 3. The number of aromatic amines is 1. The van der Waals surface area contributed by atoms with Gasteiger partial charge in [0.05, 0.1) is 23.0 Å². The molecular formula is C25H18F2N4O4S. The van der Waals surface area contributed by atoms with Gasteiger partial charge in [-0.25, -0.2) is 27.2 Å². The van der Waals surface area contributed by atoms with Gasteiger partial charge in [0.2, 0.25) is 0 Å². The topological polar surface area (TPSA) is 107 Å². The van der Waals surface area contributed by atoms with Crippen molar-refractivity contribution in [3.05, 3.63) is 84.7 Å². The van der Waals surface area contributed by atoms with Crippen LogP contribution in [0.1, 0.15) is 6.92 Å². The maximum absolute atomic E-state index is 14.3. The van der Waals surface area contributed by atoms with Crippen LogP contribution >= 0.6 is 0 Å². The zero-order valence-corrected chi connectivity index (χ0v) is 19.6. The highest BCUT2D eigenvalue weighted by molar-refractivity contribution is 7.91. The van der Waals surface area contributed by atoms with Gasteiger partial charge in [-0.3, -0.25) is 4.98 Å². The van der Waals surface area contributed by atoms with Gasteiger partial charge in [-0.2, -0.15) is 0 Å². The summed E-state index contributed by atoms with van der Waals surface area (Å²) in [5.41, 5.74) is 1.58. The number of hydrogen-bond acceptors (Lipinski definition) is 7. The molecule has 182 valence electrons. The number of para-hydroxylation sites is 1. The van der Waals surface area contributed by atoms with Crippen LogP contribution in [0.2, 0.25) is 0 Å². The minimum atomic E-state index is -3.49. The molecule has 36 heavy (non-hydrogen) atoms. The number of ether oxygens (including phenoxy) is 2. The van der Waals surface area contributed by atoms with Gasteiger partial charge in [0, 0.05) is 18.3 Å². The fourth-order valence-corrected chi connectivity index (χ4v) is 4.16. The molecule has 0 aliphatic heterocycles. The Kier molecular flexibility index (Phi) is 6.06. The molecule has 11 heteroatoms. The fourth-order valence-electron chi connectivity index (χ4n) is 3.38. The number of pyridine rings is 2. The summed E-state index contributed by atoms with van der Waals surface area (Å²) in [5, 5.41) is -0.0914. The summed E-state index contributed by atoms with van der Waals surface area (Å²) in [4.78, 5) is 15.9. The van der Waals surface area contributed by atoms with E-state index in [0.717, 1.165) is 12.1 Å². The van der Waals surface area contributed by atoms with E-state index in [0.29, 0.717) is 22.6 Å². The van der Waals surface area contributed by atoms with E-state index in [1.54, 1.807) is 24.4 Å². The predicted molar refractivity (Wildman–Crippen MR) is 128 cm³/mol. The molecule has 5 rings (SSSR count). The number of sulfone groups is 1. The first kappa shape index (κ1) is 23.4. The molecule has 0 saturated carbocycles. The third-order valence-corrected chi connectivity index (χ3v) is 6.86. The van der Waals surface area contributed by atoms with Crippen molar-refractivity contribution in [2.75, 3.05) is 5.75 Å². The Balaban J connectivity index is 1.58.